The molecule has 1 saturated heterocycles. The molecule has 0 N–H and O–H groups in total. The molecule has 0 amide bonds. The molecule has 140 valence electrons. The maximum absolute atomic E-state index is 13.0. The van der Waals surface area contributed by atoms with Crippen LogP contribution in [0.5, 0.6) is 5.75 Å². The summed E-state index contributed by atoms with van der Waals surface area (Å²) in [7, 11) is -3.62. The molecule has 0 radical (unpaired) electrons. The Morgan fingerprint density at radius 3 is 2.31 bits per heavy atom. The highest BCUT2D eigenvalue weighted by molar-refractivity contribution is 7.89. The maximum Gasteiger partial charge on any atom is 0.243 e. The molecule has 8 heteroatoms. The van der Waals surface area contributed by atoms with E-state index in [-0.39, 0.29) is 15.7 Å². The number of benzene rings is 2. The van der Waals surface area contributed by atoms with Gasteiger partial charge in [-0.25, -0.2) is 12.8 Å². The molecule has 0 spiro atoms. The lowest BCUT2D eigenvalue weighted by Crippen LogP contribution is -2.48. The highest BCUT2D eigenvalue weighted by Crippen LogP contribution is 2.29. The van der Waals surface area contributed by atoms with Crippen molar-refractivity contribution in [1.29, 1.82) is 0 Å². The molecule has 0 saturated carbocycles. The van der Waals surface area contributed by atoms with Gasteiger partial charge in [0.15, 0.2) is 0 Å². The number of rotatable bonds is 5. The van der Waals surface area contributed by atoms with Crippen LogP contribution in [0.2, 0.25) is 5.02 Å². The lowest BCUT2D eigenvalue weighted by molar-refractivity contribution is 0.340. The zero-order chi connectivity index (χ0) is 18.7. The zero-order valence-corrected chi connectivity index (χ0v) is 15.9. The summed E-state index contributed by atoms with van der Waals surface area (Å²) in [4.78, 5) is 2.19. The van der Waals surface area contributed by atoms with Gasteiger partial charge in [-0.15, -0.1) is 0 Å². The average molecular weight is 399 g/mol. The number of ether oxygens (including phenoxy) is 1. The predicted molar refractivity (Wildman–Crippen MR) is 100.0 cm³/mol. The van der Waals surface area contributed by atoms with Crippen LogP contribution in [0, 0.1) is 5.82 Å². The van der Waals surface area contributed by atoms with Crippen molar-refractivity contribution in [3.63, 3.8) is 0 Å². The van der Waals surface area contributed by atoms with E-state index in [1.54, 1.807) is 18.2 Å². The van der Waals surface area contributed by atoms with Crippen molar-refractivity contribution in [2.45, 2.75) is 11.8 Å². The van der Waals surface area contributed by atoms with Crippen LogP contribution in [0.15, 0.2) is 47.4 Å². The first-order valence-corrected chi connectivity index (χ1v) is 10.2. The monoisotopic (exact) mass is 398 g/mol. The summed E-state index contributed by atoms with van der Waals surface area (Å²) in [5.41, 5.74) is 0.882. The molecule has 2 aromatic rings. The Bertz CT molecular complexity index is 867. The van der Waals surface area contributed by atoms with Crippen LogP contribution in [0.25, 0.3) is 0 Å². The smallest absolute Gasteiger partial charge is 0.243 e. The number of hydrogen-bond acceptors (Lipinski definition) is 4. The Morgan fingerprint density at radius 1 is 1.08 bits per heavy atom. The van der Waals surface area contributed by atoms with Crippen molar-refractivity contribution in [2.75, 3.05) is 37.7 Å². The molecule has 26 heavy (non-hydrogen) atoms. The van der Waals surface area contributed by atoms with E-state index in [0.29, 0.717) is 38.5 Å². The summed E-state index contributed by atoms with van der Waals surface area (Å²) in [6, 6.07) is 10.7. The summed E-state index contributed by atoms with van der Waals surface area (Å²) in [6.07, 6.45) is 0. The summed E-state index contributed by atoms with van der Waals surface area (Å²) in [5, 5.41) is 0.276. The van der Waals surface area contributed by atoms with Gasteiger partial charge >= 0.3 is 0 Å². The molecule has 0 aliphatic carbocycles. The molecule has 0 aromatic heterocycles. The largest absolute Gasteiger partial charge is 0.492 e. The van der Waals surface area contributed by atoms with Gasteiger partial charge in [-0.2, -0.15) is 4.31 Å². The van der Waals surface area contributed by atoms with Gasteiger partial charge in [0.25, 0.3) is 0 Å². The van der Waals surface area contributed by atoms with Gasteiger partial charge in [-0.3, -0.25) is 0 Å². The molecule has 1 aliphatic rings. The number of sulfonamides is 1. The Balaban J connectivity index is 1.71. The minimum Gasteiger partial charge on any atom is -0.492 e. The number of hydrogen-bond donors (Lipinski definition) is 0. The fourth-order valence-electron chi connectivity index (χ4n) is 2.90. The van der Waals surface area contributed by atoms with Crippen molar-refractivity contribution in [2.24, 2.45) is 0 Å². The number of piperazine rings is 1. The van der Waals surface area contributed by atoms with Crippen LogP contribution < -0.4 is 9.64 Å². The molecular weight excluding hydrogens is 379 g/mol. The molecule has 2 aromatic carbocycles. The lowest BCUT2D eigenvalue weighted by Gasteiger charge is -2.35. The molecule has 0 atom stereocenters. The van der Waals surface area contributed by atoms with Crippen LogP contribution in [0.3, 0.4) is 0 Å². The lowest BCUT2D eigenvalue weighted by atomic mass is 10.2. The molecule has 5 nitrogen and oxygen atoms in total. The van der Waals surface area contributed by atoms with E-state index in [9.17, 15) is 12.8 Å². The second kappa shape index (κ2) is 7.82. The Labute approximate surface area is 158 Å². The first-order chi connectivity index (χ1) is 12.4. The van der Waals surface area contributed by atoms with Gasteiger partial charge in [-0.1, -0.05) is 11.6 Å². The van der Waals surface area contributed by atoms with Crippen LogP contribution in [-0.2, 0) is 10.0 Å². The van der Waals surface area contributed by atoms with Crippen molar-refractivity contribution in [3.05, 3.63) is 53.3 Å². The fourth-order valence-corrected chi connectivity index (χ4v) is 4.65. The summed E-state index contributed by atoms with van der Waals surface area (Å²) < 4.78 is 45.5. The van der Waals surface area contributed by atoms with E-state index in [0.717, 1.165) is 5.69 Å². The maximum atomic E-state index is 13.0. The standard InChI is InChI=1S/C18H20ClFN2O3S/c1-2-25-18-8-7-16(13-17(18)19)26(23,24)22-11-9-21(10-12-22)15-5-3-14(20)4-6-15/h3-8,13H,2,9-12H2,1H3. The summed E-state index contributed by atoms with van der Waals surface area (Å²) in [6.45, 7) is 4.07. The second-order valence-electron chi connectivity index (χ2n) is 5.89. The van der Waals surface area contributed by atoms with Gasteiger partial charge in [0.05, 0.1) is 16.5 Å². The van der Waals surface area contributed by atoms with E-state index < -0.39 is 10.0 Å². The Kier molecular flexibility index (Phi) is 5.70. The van der Waals surface area contributed by atoms with Gasteiger partial charge in [0, 0.05) is 31.9 Å². The van der Waals surface area contributed by atoms with Crippen LogP contribution >= 0.6 is 11.6 Å². The number of halogens is 2. The normalized spacial score (nSPS) is 15.9. The second-order valence-corrected chi connectivity index (χ2v) is 8.24. The molecule has 0 unspecified atom stereocenters. The first-order valence-electron chi connectivity index (χ1n) is 8.35. The van der Waals surface area contributed by atoms with Crippen LogP contribution in [0.4, 0.5) is 10.1 Å². The minimum atomic E-state index is -3.62. The third-order valence-corrected chi connectivity index (χ3v) is 6.46. The predicted octanol–water partition coefficient (Wildman–Crippen LogP) is 3.39. The van der Waals surface area contributed by atoms with E-state index in [1.807, 2.05) is 11.8 Å². The van der Waals surface area contributed by atoms with Gasteiger partial charge in [-0.05, 0) is 49.4 Å². The average Bonchev–Trinajstić information content (AvgIpc) is 2.64. The van der Waals surface area contributed by atoms with Crippen molar-refractivity contribution in [1.82, 2.24) is 4.31 Å². The highest BCUT2D eigenvalue weighted by atomic mass is 35.5. The molecule has 3 rings (SSSR count). The Hall–Kier alpha value is -1.83. The van der Waals surface area contributed by atoms with Gasteiger partial charge < -0.3 is 9.64 Å². The van der Waals surface area contributed by atoms with Gasteiger partial charge in [0.2, 0.25) is 10.0 Å². The number of anilines is 1. The topological polar surface area (TPSA) is 49.9 Å². The molecule has 0 bridgehead atoms. The van der Waals surface area contributed by atoms with E-state index in [2.05, 4.69) is 0 Å². The molecule has 1 heterocycles. The molecular formula is C18H20ClFN2O3S. The van der Waals surface area contributed by atoms with Crippen LogP contribution in [-0.4, -0.2) is 45.5 Å². The fraction of sp³-hybridized carbons (Fsp3) is 0.333. The Morgan fingerprint density at radius 2 is 1.73 bits per heavy atom. The highest BCUT2D eigenvalue weighted by Gasteiger charge is 2.29. The van der Waals surface area contributed by atoms with Crippen molar-refractivity contribution in [3.8, 4) is 5.75 Å². The summed E-state index contributed by atoms with van der Waals surface area (Å²) >= 11 is 6.12. The first kappa shape index (κ1) is 18.9. The molecule has 1 aliphatic heterocycles. The number of nitrogens with zero attached hydrogens (tertiary/aromatic N) is 2. The van der Waals surface area contributed by atoms with E-state index in [1.165, 1.54) is 28.6 Å². The van der Waals surface area contributed by atoms with Crippen molar-refractivity contribution < 1.29 is 17.5 Å². The quantitative estimate of drug-likeness (QED) is 0.774. The minimum absolute atomic E-state index is 0.154. The third-order valence-electron chi connectivity index (χ3n) is 4.27. The SMILES string of the molecule is CCOc1ccc(S(=O)(=O)N2CCN(c3ccc(F)cc3)CC2)cc1Cl. The van der Waals surface area contributed by atoms with E-state index >= 15 is 0 Å². The molecule has 1 fully saturated rings. The van der Waals surface area contributed by atoms with E-state index in [4.69, 9.17) is 16.3 Å². The third kappa shape index (κ3) is 3.95. The summed E-state index contributed by atoms with van der Waals surface area (Å²) in [5.74, 6) is 0.177. The van der Waals surface area contributed by atoms with Crippen molar-refractivity contribution >= 4 is 27.3 Å². The zero-order valence-electron chi connectivity index (χ0n) is 14.4. The van der Waals surface area contributed by atoms with Gasteiger partial charge in [0.1, 0.15) is 11.6 Å². The van der Waals surface area contributed by atoms with Crippen LogP contribution in [0.1, 0.15) is 6.92 Å².